The first-order valence-electron chi connectivity index (χ1n) is 9.99. The summed E-state index contributed by atoms with van der Waals surface area (Å²) >= 11 is 0. The van der Waals surface area contributed by atoms with Gasteiger partial charge in [0.25, 0.3) is 11.5 Å². The number of ether oxygens (including phenoxy) is 1. The van der Waals surface area contributed by atoms with Gasteiger partial charge < -0.3 is 25.3 Å². The van der Waals surface area contributed by atoms with Crippen molar-refractivity contribution in [3.05, 3.63) is 33.7 Å². The molecule has 1 aromatic heterocycles. The molecule has 2 fully saturated rings. The molecule has 7 heteroatoms. The molecule has 2 aliphatic rings. The fourth-order valence-corrected chi connectivity index (χ4v) is 4.11. The number of carbonyl (C=O) groups excluding carboxylic acids is 1. The first-order valence-corrected chi connectivity index (χ1v) is 9.99. The van der Waals surface area contributed by atoms with Crippen LogP contribution in [-0.2, 0) is 11.3 Å². The summed E-state index contributed by atoms with van der Waals surface area (Å²) in [6.07, 6.45) is 5.74. The number of aromatic nitrogens is 1. The predicted octanol–water partition coefficient (Wildman–Crippen LogP) is 0.655. The Labute approximate surface area is 160 Å². The zero-order valence-corrected chi connectivity index (χ0v) is 16.5. The van der Waals surface area contributed by atoms with Crippen LogP contribution >= 0.6 is 0 Å². The molecule has 1 atom stereocenters. The minimum Gasteiger partial charge on any atom is -0.376 e. The summed E-state index contributed by atoms with van der Waals surface area (Å²) in [4.78, 5) is 25.8. The van der Waals surface area contributed by atoms with Crippen LogP contribution in [0, 0.1) is 12.8 Å². The van der Waals surface area contributed by atoms with Crippen LogP contribution in [0.4, 0.5) is 0 Å². The topological polar surface area (TPSA) is 84.4 Å². The molecule has 1 unspecified atom stereocenters. The van der Waals surface area contributed by atoms with Crippen LogP contribution in [-0.4, -0.2) is 55.9 Å². The summed E-state index contributed by atoms with van der Waals surface area (Å²) in [7, 11) is 1.69. The zero-order valence-electron chi connectivity index (χ0n) is 16.5. The van der Waals surface area contributed by atoms with Crippen molar-refractivity contribution in [2.24, 2.45) is 5.92 Å². The van der Waals surface area contributed by atoms with Crippen LogP contribution in [0.15, 0.2) is 17.1 Å². The van der Waals surface area contributed by atoms with Gasteiger partial charge >= 0.3 is 0 Å². The first-order chi connectivity index (χ1) is 13.0. The maximum Gasteiger partial charge on any atom is 0.263 e. The number of pyridine rings is 1. The minimum absolute atomic E-state index is 0.199. The van der Waals surface area contributed by atoms with E-state index >= 15 is 0 Å². The van der Waals surface area contributed by atoms with Crippen molar-refractivity contribution in [2.45, 2.75) is 44.8 Å². The van der Waals surface area contributed by atoms with E-state index in [1.165, 1.54) is 0 Å². The largest absolute Gasteiger partial charge is 0.376 e. The number of hydrogen-bond acceptors (Lipinski definition) is 5. The van der Waals surface area contributed by atoms with Gasteiger partial charge in [-0.1, -0.05) is 0 Å². The number of rotatable bonds is 6. The van der Waals surface area contributed by atoms with Crippen molar-refractivity contribution in [3.63, 3.8) is 0 Å². The number of piperidine rings is 2. The highest BCUT2D eigenvalue weighted by molar-refractivity contribution is 5.95. The molecule has 0 radical (unpaired) electrons. The van der Waals surface area contributed by atoms with Crippen LogP contribution in [0.5, 0.6) is 0 Å². The van der Waals surface area contributed by atoms with Gasteiger partial charge in [-0.15, -0.1) is 0 Å². The van der Waals surface area contributed by atoms with E-state index in [4.69, 9.17) is 4.74 Å². The summed E-state index contributed by atoms with van der Waals surface area (Å²) in [5, 5.41) is 9.64. The quantitative estimate of drug-likeness (QED) is 0.679. The average Bonchev–Trinajstić information content (AvgIpc) is 2.70. The standard InChI is InChI=1S/C20H32N4O3/c1-15-5-11-24(13-16-4-3-8-22-12-16)19(26)17(15)18(25)23-14-20(27-2)6-9-21-10-7-20/h5,11,16,21-22H,3-4,6-10,12-14H2,1-2H3,(H,23,25). The SMILES string of the molecule is COC1(CNC(=O)c2c(C)ccn(CC3CCCNC3)c2=O)CCNCC1. The molecule has 7 nitrogen and oxygen atoms in total. The molecule has 150 valence electrons. The van der Waals surface area contributed by atoms with Crippen LogP contribution in [0.25, 0.3) is 0 Å². The summed E-state index contributed by atoms with van der Waals surface area (Å²) in [6, 6.07) is 1.86. The third-order valence-electron chi connectivity index (χ3n) is 5.97. The average molecular weight is 377 g/mol. The fourth-order valence-electron chi connectivity index (χ4n) is 4.11. The van der Waals surface area contributed by atoms with Crippen molar-refractivity contribution < 1.29 is 9.53 Å². The maximum absolute atomic E-state index is 12.9. The molecule has 1 amide bonds. The second kappa shape index (κ2) is 8.99. The molecule has 2 aliphatic heterocycles. The van der Waals surface area contributed by atoms with Gasteiger partial charge in [0.05, 0.1) is 5.60 Å². The maximum atomic E-state index is 12.9. The van der Waals surface area contributed by atoms with E-state index in [0.717, 1.165) is 51.9 Å². The summed E-state index contributed by atoms with van der Waals surface area (Å²) in [6.45, 7) is 6.60. The lowest BCUT2D eigenvalue weighted by Crippen LogP contribution is -2.51. The van der Waals surface area contributed by atoms with Crippen molar-refractivity contribution in [3.8, 4) is 0 Å². The predicted molar refractivity (Wildman–Crippen MR) is 105 cm³/mol. The van der Waals surface area contributed by atoms with Crippen LogP contribution < -0.4 is 21.5 Å². The summed E-state index contributed by atoms with van der Waals surface area (Å²) in [5.74, 6) is 0.130. The van der Waals surface area contributed by atoms with Crippen molar-refractivity contribution in [2.75, 3.05) is 39.8 Å². The van der Waals surface area contributed by atoms with E-state index in [-0.39, 0.29) is 22.6 Å². The molecular formula is C20H32N4O3. The summed E-state index contributed by atoms with van der Waals surface area (Å²) < 4.78 is 7.40. The van der Waals surface area contributed by atoms with Gasteiger partial charge in [0.15, 0.2) is 0 Å². The Morgan fingerprint density at radius 1 is 1.33 bits per heavy atom. The minimum atomic E-state index is -0.351. The smallest absolute Gasteiger partial charge is 0.263 e. The van der Waals surface area contributed by atoms with Gasteiger partial charge in [0, 0.05) is 26.4 Å². The zero-order chi connectivity index (χ0) is 19.3. The Hall–Kier alpha value is -1.70. The molecule has 0 saturated carbocycles. The Balaban J connectivity index is 1.71. The number of nitrogens with one attached hydrogen (secondary N) is 3. The molecule has 0 aliphatic carbocycles. The molecular weight excluding hydrogens is 344 g/mol. The molecule has 0 spiro atoms. The lowest BCUT2D eigenvalue weighted by molar-refractivity contribution is -0.0313. The molecule has 0 aromatic carbocycles. The van der Waals surface area contributed by atoms with E-state index in [1.54, 1.807) is 11.7 Å². The number of nitrogens with zero attached hydrogens (tertiary/aromatic N) is 1. The second-order valence-electron chi connectivity index (χ2n) is 7.86. The van der Waals surface area contributed by atoms with E-state index in [0.29, 0.717) is 24.6 Å². The number of carbonyl (C=O) groups is 1. The van der Waals surface area contributed by atoms with E-state index in [1.807, 2.05) is 19.2 Å². The lowest BCUT2D eigenvalue weighted by Gasteiger charge is -2.36. The van der Waals surface area contributed by atoms with Crippen LogP contribution in [0.3, 0.4) is 0 Å². The fraction of sp³-hybridized carbons (Fsp3) is 0.700. The highest BCUT2D eigenvalue weighted by Crippen LogP contribution is 2.21. The molecule has 3 rings (SSSR count). The first kappa shape index (κ1) is 20.0. The molecule has 3 N–H and O–H groups in total. The highest BCUT2D eigenvalue weighted by atomic mass is 16.5. The number of aryl methyl sites for hydroxylation is 1. The third kappa shape index (κ3) is 4.78. The van der Waals surface area contributed by atoms with Gasteiger partial charge in [-0.25, -0.2) is 0 Å². The number of methoxy groups -OCH3 is 1. The van der Waals surface area contributed by atoms with Crippen LogP contribution in [0.2, 0.25) is 0 Å². The van der Waals surface area contributed by atoms with Gasteiger partial charge in [-0.3, -0.25) is 9.59 Å². The lowest BCUT2D eigenvalue weighted by atomic mass is 9.92. The monoisotopic (exact) mass is 376 g/mol. The molecule has 27 heavy (non-hydrogen) atoms. The highest BCUT2D eigenvalue weighted by Gasteiger charge is 2.32. The van der Waals surface area contributed by atoms with Gasteiger partial charge in [-0.2, -0.15) is 0 Å². The van der Waals surface area contributed by atoms with E-state index in [2.05, 4.69) is 16.0 Å². The number of amides is 1. The van der Waals surface area contributed by atoms with Gasteiger partial charge in [0.2, 0.25) is 0 Å². The van der Waals surface area contributed by atoms with Crippen molar-refractivity contribution in [1.82, 2.24) is 20.5 Å². The normalized spacial score (nSPS) is 22.4. The Kier molecular flexibility index (Phi) is 6.68. The third-order valence-corrected chi connectivity index (χ3v) is 5.97. The molecule has 3 heterocycles. The molecule has 2 saturated heterocycles. The van der Waals surface area contributed by atoms with Crippen molar-refractivity contribution >= 4 is 5.91 Å². The number of hydrogen-bond donors (Lipinski definition) is 3. The molecule has 1 aromatic rings. The van der Waals surface area contributed by atoms with Crippen molar-refractivity contribution in [1.29, 1.82) is 0 Å². The van der Waals surface area contributed by atoms with Gasteiger partial charge in [0.1, 0.15) is 5.56 Å². The van der Waals surface area contributed by atoms with Gasteiger partial charge in [-0.05, 0) is 76.3 Å². The van der Waals surface area contributed by atoms with E-state index < -0.39 is 0 Å². The Morgan fingerprint density at radius 2 is 2.11 bits per heavy atom. The second-order valence-corrected chi connectivity index (χ2v) is 7.86. The Bertz CT molecular complexity index is 704. The van der Waals surface area contributed by atoms with Crippen LogP contribution in [0.1, 0.15) is 41.6 Å². The molecule has 0 bridgehead atoms. The Morgan fingerprint density at radius 3 is 2.78 bits per heavy atom. The van der Waals surface area contributed by atoms with E-state index in [9.17, 15) is 9.59 Å². The summed E-state index contributed by atoms with van der Waals surface area (Å²) in [5.41, 5.74) is 0.416.